The summed E-state index contributed by atoms with van der Waals surface area (Å²) in [6.07, 6.45) is 0.930. The van der Waals surface area contributed by atoms with Crippen molar-refractivity contribution < 1.29 is 8.78 Å². The summed E-state index contributed by atoms with van der Waals surface area (Å²) in [4.78, 5) is 0.253. The second-order valence-corrected chi connectivity index (χ2v) is 4.59. The van der Waals surface area contributed by atoms with Gasteiger partial charge < -0.3 is 0 Å². The summed E-state index contributed by atoms with van der Waals surface area (Å²) >= 11 is 3.48. The summed E-state index contributed by atoms with van der Waals surface area (Å²) in [6, 6.07) is 3.67. The Morgan fingerprint density at radius 1 is 1.21 bits per heavy atom. The SMILES string of the molecule is CCC(Br)C(C)c1cc(F)cc(F)c1. The highest BCUT2D eigenvalue weighted by Crippen LogP contribution is 2.27. The van der Waals surface area contributed by atoms with Crippen LogP contribution in [0.15, 0.2) is 18.2 Å². The van der Waals surface area contributed by atoms with E-state index in [4.69, 9.17) is 0 Å². The summed E-state index contributed by atoms with van der Waals surface area (Å²) in [5, 5.41) is 0. The average molecular weight is 263 g/mol. The van der Waals surface area contributed by atoms with Gasteiger partial charge in [-0.15, -0.1) is 0 Å². The Hall–Kier alpha value is -0.440. The number of hydrogen-bond donors (Lipinski definition) is 0. The Morgan fingerprint density at radius 3 is 2.14 bits per heavy atom. The first-order valence-electron chi connectivity index (χ1n) is 4.64. The highest BCUT2D eigenvalue weighted by atomic mass is 79.9. The van der Waals surface area contributed by atoms with Gasteiger partial charge in [-0.2, -0.15) is 0 Å². The Labute approximate surface area is 91.5 Å². The van der Waals surface area contributed by atoms with Gasteiger partial charge >= 0.3 is 0 Å². The molecule has 14 heavy (non-hydrogen) atoms. The van der Waals surface area contributed by atoms with Gasteiger partial charge in [0.2, 0.25) is 0 Å². The number of alkyl halides is 1. The van der Waals surface area contributed by atoms with E-state index in [-0.39, 0.29) is 10.7 Å². The van der Waals surface area contributed by atoms with Crippen molar-refractivity contribution >= 4 is 15.9 Å². The molecule has 0 saturated heterocycles. The predicted molar refractivity (Wildman–Crippen MR) is 57.8 cm³/mol. The van der Waals surface area contributed by atoms with Gasteiger partial charge in [-0.3, -0.25) is 0 Å². The predicted octanol–water partition coefficient (Wildman–Crippen LogP) is 4.24. The zero-order valence-electron chi connectivity index (χ0n) is 8.23. The summed E-state index contributed by atoms with van der Waals surface area (Å²) < 4.78 is 25.8. The summed E-state index contributed by atoms with van der Waals surface area (Å²) in [5.41, 5.74) is 0.700. The van der Waals surface area contributed by atoms with Crippen LogP contribution in [0.3, 0.4) is 0 Å². The normalized spacial score (nSPS) is 15.2. The minimum atomic E-state index is -0.511. The second kappa shape index (κ2) is 4.87. The minimum absolute atomic E-state index is 0.116. The van der Waals surface area contributed by atoms with Crippen molar-refractivity contribution in [3.05, 3.63) is 35.4 Å². The quantitative estimate of drug-likeness (QED) is 0.715. The van der Waals surface area contributed by atoms with Crippen molar-refractivity contribution in [3.63, 3.8) is 0 Å². The Balaban J connectivity index is 2.94. The van der Waals surface area contributed by atoms with Crippen LogP contribution in [0.4, 0.5) is 8.78 Å². The van der Waals surface area contributed by atoms with Crippen LogP contribution in [0.2, 0.25) is 0 Å². The molecule has 0 heterocycles. The molecule has 1 rings (SSSR count). The Bertz CT molecular complexity index is 292. The fraction of sp³-hybridized carbons (Fsp3) is 0.455. The molecule has 0 bridgehead atoms. The maximum absolute atomic E-state index is 12.9. The number of benzene rings is 1. The molecule has 0 spiro atoms. The molecule has 3 heteroatoms. The molecule has 1 aromatic carbocycles. The molecule has 0 N–H and O–H groups in total. The molecule has 0 aliphatic heterocycles. The van der Waals surface area contributed by atoms with Crippen LogP contribution in [-0.4, -0.2) is 4.83 Å². The van der Waals surface area contributed by atoms with Gasteiger partial charge in [0.25, 0.3) is 0 Å². The van der Waals surface area contributed by atoms with E-state index in [0.29, 0.717) is 5.56 Å². The summed E-state index contributed by atoms with van der Waals surface area (Å²) in [7, 11) is 0. The highest BCUT2D eigenvalue weighted by molar-refractivity contribution is 9.09. The number of rotatable bonds is 3. The molecular weight excluding hydrogens is 250 g/mol. The molecule has 0 fully saturated rings. The van der Waals surface area contributed by atoms with E-state index in [0.717, 1.165) is 12.5 Å². The van der Waals surface area contributed by atoms with Gasteiger partial charge in [0.1, 0.15) is 11.6 Å². The molecule has 2 unspecified atom stereocenters. The number of hydrogen-bond acceptors (Lipinski definition) is 0. The van der Waals surface area contributed by atoms with E-state index in [1.165, 1.54) is 12.1 Å². The van der Waals surface area contributed by atoms with E-state index in [1.54, 1.807) is 0 Å². The fourth-order valence-corrected chi connectivity index (χ4v) is 1.71. The molecule has 0 aliphatic rings. The third kappa shape index (κ3) is 2.77. The lowest BCUT2D eigenvalue weighted by molar-refractivity contribution is 0.572. The second-order valence-electron chi connectivity index (χ2n) is 3.42. The highest BCUT2D eigenvalue weighted by Gasteiger charge is 2.15. The van der Waals surface area contributed by atoms with E-state index in [2.05, 4.69) is 15.9 Å². The molecule has 0 aromatic heterocycles. The zero-order chi connectivity index (χ0) is 10.7. The molecule has 78 valence electrons. The van der Waals surface area contributed by atoms with Gasteiger partial charge in [-0.1, -0.05) is 29.8 Å². The molecule has 0 aliphatic carbocycles. The van der Waals surface area contributed by atoms with E-state index >= 15 is 0 Å². The van der Waals surface area contributed by atoms with Crippen LogP contribution in [-0.2, 0) is 0 Å². The van der Waals surface area contributed by atoms with E-state index in [1.807, 2.05) is 13.8 Å². The third-order valence-electron chi connectivity index (χ3n) is 2.34. The Kier molecular flexibility index (Phi) is 4.05. The van der Waals surface area contributed by atoms with Gasteiger partial charge in [0.15, 0.2) is 0 Å². The summed E-state index contributed by atoms with van der Waals surface area (Å²) in [5.74, 6) is -0.907. The molecule has 0 amide bonds. The molecule has 0 saturated carbocycles. The molecule has 2 atom stereocenters. The van der Waals surface area contributed by atoms with Gasteiger partial charge in [0.05, 0.1) is 0 Å². The monoisotopic (exact) mass is 262 g/mol. The van der Waals surface area contributed by atoms with Gasteiger partial charge in [-0.05, 0) is 30.0 Å². The molecule has 0 radical (unpaired) electrons. The van der Waals surface area contributed by atoms with Crippen molar-refractivity contribution in [1.82, 2.24) is 0 Å². The van der Waals surface area contributed by atoms with Crippen molar-refractivity contribution in [2.75, 3.05) is 0 Å². The topological polar surface area (TPSA) is 0 Å². The van der Waals surface area contributed by atoms with Gasteiger partial charge in [-0.25, -0.2) is 8.78 Å². The van der Waals surface area contributed by atoms with E-state index < -0.39 is 11.6 Å². The summed E-state index contributed by atoms with van der Waals surface area (Å²) in [6.45, 7) is 3.99. The van der Waals surface area contributed by atoms with Crippen LogP contribution >= 0.6 is 15.9 Å². The molecule has 0 nitrogen and oxygen atoms in total. The van der Waals surface area contributed by atoms with Crippen LogP contribution < -0.4 is 0 Å². The fourth-order valence-electron chi connectivity index (χ4n) is 1.40. The average Bonchev–Trinajstić information content (AvgIpc) is 2.14. The van der Waals surface area contributed by atoms with Crippen LogP contribution in [0.5, 0.6) is 0 Å². The van der Waals surface area contributed by atoms with Gasteiger partial charge in [0, 0.05) is 10.9 Å². The molecule has 1 aromatic rings. The lowest BCUT2D eigenvalue weighted by atomic mass is 9.96. The smallest absolute Gasteiger partial charge is 0.126 e. The lowest BCUT2D eigenvalue weighted by Gasteiger charge is -2.17. The third-order valence-corrected chi connectivity index (χ3v) is 3.78. The largest absolute Gasteiger partial charge is 0.207 e. The number of halogens is 3. The van der Waals surface area contributed by atoms with Crippen LogP contribution in [0, 0.1) is 11.6 Å². The maximum Gasteiger partial charge on any atom is 0.126 e. The lowest BCUT2D eigenvalue weighted by Crippen LogP contribution is -2.08. The van der Waals surface area contributed by atoms with Crippen LogP contribution in [0.25, 0.3) is 0 Å². The van der Waals surface area contributed by atoms with Crippen LogP contribution in [0.1, 0.15) is 31.7 Å². The van der Waals surface area contributed by atoms with Crippen molar-refractivity contribution in [3.8, 4) is 0 Å². The zero-order valence-corrected chi connectivity index (χ0v) is 9.81. The Morgan fingerprint density at radius 2 is 1.71 bits per heavy atom. The van der Waals surface area contributed by atoms with Crippen molar-refractivity contribution in [2.45, 2.75) is 31.0 Å². The first-order chi connectivity index (χ1) is 6.54. The first kappa shape index (κ1) is 11.6. The first-order valence-corrected chi connectivity index (χ1v) is 5.56. The standard InChI is InChI=1S/C11H13BrF2/c1-3-11(12)7(2)8-4-9(13)6-10(14)5-8/h4-7,11H,3H2,1-2H3. The maximum atomic E-state index is 12.9. The minimum Gasteiger partial charge on any atom is -0.207 e. The van der Waals surface area contributed by atoms with Crippen molar-refractivity contribution in [2.24, 2.45) is 0 Å². The molecular formula is C11H13BrF2. The van der Waals surface area contributed by atoms with E-state index in [9.17, 15) is 8.78 Å². The van der Waals surface area contributed by atoms with Crippen molar-refractivity contribution in [1.29, 1.82) is 0 Å².